The summed E-state index contributed by atoms with van der Waals surface area (Å²) in [6, 6.07) is -5.46. The second-order valence-electron chi connectivity index (χ2n) is 9.72. The maximum atomic E-state index is 13.0. The predicted molar refractivity (Wildman–Crippen MR) is 146 cm³/mol. The monoisotopic (exact) mass is 597 g/mol. The molecule has 18 heteroatoms. The SMILES string of the molecule is CC(C)C[C@H](NC(=O)[C@H](CN)N1C(=O)C=CC1=O)C(=O)N[C@@H](CO)C(=O)NCC(=O)N[C@@H](CCCNC(=N)N)C(=O)O. The summed E-state index contributed by atoms with van der Waals surface area (Å²) < 4.78 is 0. The number of carboxylic acids is 1. The number of nitrogens with two attached hydrogens (primary N) is 2. The third-order valence-corrected chi connectivity index (χ3v) is 5.88. The molecule has 0 fully saturated rings. The Hall–Kier alpha value is -4.58. The Morgan fingerprint density at radius 3 is 2.02 bits per heavy atom. The van der Waals surface area contributed by atoms with E-state index in [1.165, 1.54) is 0 Å². The van der Waals surface area contributed by atoms with Gasteiger partial charge in [-0.3, -0.25) is 39.1 Å². The molecule has 0 saturated heterocycles. The Labute approximate surface area is 241 Å². The fraction of sp³-hybridized carbons (Fsp3) is 0.583. The first-order valence-corrected chi connectivity index (χ1v) is 13.1. The molecular formula is C24H39N9O9. The van der Waals surface area contributed by atoms with Crippen LogP contribution in [0.3, 0.4) is 0 Å². The first-order chi connectivity index (χ1) is 19.7. The van der Waals surface area contributed by atoms with Gasteiger partial charge in [-0.05, 0) is 25.2 Å². The first-order valence-electron chi connectivity index (χ1n) is 13.1. The minimum absolute atomic E-state index is 0.00912. The van der Waals surface area contributed by atoms with Crippen LogP contribution >= 0.6 is 0 Å². The quantitative estimate of drug-likeness (QED) is 0.0308. The molecule has 1 heterocycles. The third-order valence-electron chi connectivity index (χ3n) is 5.88. The van der Waals surface area contributed by atoms with Crippen molar-refractivity contribution in [3.63, 3.8) is 0 Å². The zero-order valence-corrected chi connectivity index (χ0v) is 23.3. The summed E-state index contributed by atoms with van der Waals surface area (Å²) in [5.41, 5.74) is 10.8. The molecule has 0 spiro atoms. The predicted octanol–water partition coefficient (Wildman–Crippen LogP) is -4.80. The number of carbonyl (C=O) groups excluding carboxylic acids is 6. The highest BCUT2D eigenvalue weighted by Crippen LogP contribution is 2.11. The van der Waals surface area contributed by atoms with E-state index in [-0.39, 0.29) is 37.7 Å². The van der Waals surface area contributed by atoms with E-state index >= 15 is 0 Å². The van der Waals surface area contributed by atoms with Crippen molar-refractivity contribution < 1.29 is 43.8 Å². The van der Waals surface area contributed by atoms with Gasteiger partial charge in [-0.2, -0.15) is 0 Å². The number of nitrogens with zero attached hydrogens (tertiary/aromatic N) is 1. The van der Waals surface area contributed by atoms with Crippen LogP contribution in [0.1, 0.15) is 33.1 Å². The van der Waals surface area contributed by atoms with Crippen LogP contribution in [0.25, 0.3) is 0 Å². The number of nitrogens with one attached hydrogen (secondary N) is 6. The number of aliphatic hydroxyl groups excluding tert-OH is 1. The van der Waals surface area contributed by atoms with Crippen molar-refractivity contribution in [2.24, 2.45) is 17.4 Å². The Balaban J connectivity index is 2.77. The Morgan fingerprint density at radius 1 is 0.929 bits per heavy atom. The smallest absolute Gasteiger partial charge is 0.326 e. The number of aliphatic carboxylic acids is 1. The molecule has 0 aliphatic carbocycles. The molecule has 0 bridgehead atoms. The van der Waals surface area contributed by atoms with Crippen molar-refractivity contribution in [3.05, 3.63) is 12.2 Å². The highest BCUT2D eigenvalue weighted by Gasteiger charge is 2.37. The molecule has 1 aliphatic rings. The molecule has 12 N–H and O–H groups in total. The standard InChI is InChI=1S/C24H39N9O9/c1-12(2)8-14(31-22(40)16(9-25)33-18(36)5-6-19(33)37)21(39)32-15(11-34)20(38)29-10-17(35)30-13(23(41)42)4-3-7-28-24(26)27/h5-6,12-16,34H,3-4,7-11,25H2,1-2H3,(H,29,38)(H,30,35)(H,31,40)(H,32,39)(H,41,42)(H4,26,27,28)/t13-,14-,15-,16-/m0/s1. The topological polar surface area (TPSA) is 299 Å². The number of rotatable bonds is 18. The van der Waals surface area contributed by atoms with Crippen LogP contribution in [0.4, 0.5) is 0 Å². The zero-order valence-electron chi connectivity index (χ0n) is 23.3. The normalized spacial score (nSPS) is 15.4. The number of hydrogen-bond donors (Lipinski definition) is 10. The lowest BCUT2D eigenvalue weighted by molar-refractivity contribution is -0.145. The second kappa shape index (κ2) is 17.3. The first kappa shape index (κ1) is 35.4. The largest absolute Gasteiger partial charge is 0.480 e. The van der Waals surface area contributed by atoms with Gasteiger partial charge in [0.1, 0.15) is 24.2 Å². The van der Waals surface area contributed by atoms with E-state index in [1.807, 2.05) is 0 Å². The van der Waals surface area contributed by atoms with Crippen molar-refractivity contribution >= 4 is 47.4 Å². The van der Waals surface area contributed by atoms with E-state index in [4.69, 9.17) is 16.9 Å². The highest BCUT2D eigenvalue weighted by molar-refractivity contribution is 6.15. The number of amides is 6. The number of carboxylic acid groups (broad SMARTS) is 1. The number of aliphatic hydroxyl groups is 1. The van der Waals surface area contributed by atoms with Gasteiger partial charge >= 0.3 is 5.97 Å². The second-order valence-corrected chi connectivity index (χ2v) is 9.72. The minimum Gasteiger partial charge on any atom is -0.480 e. The van der Waals surface area contributed by atoms with Crippen molar-refractivity contribution in [1.29, 1.82) is 5.41 Å². The molecule has 0 aromatic rings. The van der Waals surface area contributed by atoms with Crippen LogP contribution in [0.5, 0.6) is 0 Å². The molecule has 0 saturated carbocycles. The lowest BCUT2D eigenvalue weighted by Crippen LogP contribution is -2.59. The summed E-state index contributed by atoms with van der Waals surface area (Å²) >= 11 is 0. The van der Waals surface area contributed by atoms with E-state index in [1.54, 1.807) is 13.8 Å². The summed E-state index contributed by atoms with van der Waals surface area (Å²) in [4.78, 5) is 86.7. The van der Waals surface area contributed by atoms with Crippen LogP contribution in [-0.4, -0.2) is 113 Å². The molecule has 1 rings (SSSR count). The van der Waals surface area contributed by atoms with Crippen molar-refractivity contribution in [2.75, 3.05) is 26.2 Å². The van der Waals surface area contributed by atoms with Gasteiger partial charge in [-0.1, -0.05) is 13.8 Å². The molecule has 0 unspecified atom stereocenters. The summed E-state index contributed by atoms with van der Waals surface area (Å²) in [6.07, 6.45) is 2.32. The zero-order chi connectivity index (χ0) is 32.0. The Kier molecular flexibility index (Phi) is 14.6. The molecule has 18 nitrogen and oxygen atoms in total. The molecule has 0 aromatic heterocycles. The molecule has 234 valence electrons. The lowest BCUT2D eigenvalue weighted by atomic mass is 10.0. The average molecular weight is 598 g/mol. The summed E-state index contributed by atoms with van der Waals surface area (Å²) in [6.45, 7) is 1.75. The van der Waals surface area contributed by atoms with Crippen molar-refractivity contribution in [3.8, 4) is 0 Å². The molecule has 6 amide bonds. The van der Waals surface area contributed by atoms with Crippen LogP contribution in [0, 0.1) is 11.3 Å². The van der Waals surface area contributed by atoms with Gasteiger partial charge in [-0.25, -0.2) is 4.79 Å². The van der Waals surface area contributed by atoms with Crippen molar-refractivity contribution in [2.45, 2.75) is 57.3 Å². The molecule has 1 aliphatic heterocycles. The van der Waals surface area contributed by atoms with E-state index in [0.29, 0.717) is 4.90 Å². The van der Waals surface area contributed by atoms with E-state index < -0.39 is 85.3 Å². The number of guanidine groups is 1. The number of imide groups is 1. The molecular weight excluding hydrogens is 558 g/mol. The fourth-order valence-electron chi connectivity index (χ4n) is 3.81. The fourth-order valence-corrected chi connectivity index (χ4v) is 3.81. The van der Waals surface area contributed by atoms with Gasteiger partial charge < -0.3 is 48.3 Å². The maximum absolute atomic E-state index is 13.0. The maximum Gasteiger partial charge on any atom is 0.326 e. The lowest BCUT2D eigenvalue weighted by Gasteiger charge is -2.28. The van der Waals surface area contributed by atoms with Crippen molar-refractivity contribution in [1.82, 2.24) is 31.5 Å². The summed E-state index contributed by atoms with van der Waals surface area (Å²) in [5.74, 6) is -6.78. The molecule has 4 atom stereocenters. The van der Waals surface area contributed by atoms with Gasteiger partial charge in [-0.15, -0.1) is 0 Å². The van der Waals surface area contributed by atoms with E-state index in [0.717, 1.165) is 12.2 Å². The number of hydrogen-bond acceptors (Lipinski definition) is 10. The van der Waals surface area contributed by atoms with Gasteiger partial charge in [0.05, 0.1) is 13.2 Å². The molecule has 0 radical (unpaired) electrons. The van der Waals surface area contributed by atoms with Gasteiger partial charge in [0.25, 0.3) is 11.8 Å². The van der Waals surface area contributed by atoms with E-state index in [2.05, 4.69) is 26.6 Å². The third kappa shape index (κ3) is 11.5. The summed E-state index contributed by atoms with van der Waals surface area (Å²) in [7, 11) is 0. The van der Waals surface area contributed by atoms with Crippen LogP contribution in [0.15, 0.2) is 12.2 Å². The van der Waals surface area contributed by atoms with Gasteiger partial charge in [0, 0.05) is 25.2 Å². The molecule has 42 heavy (non-hydrogen) atoms. The Morgan fingerprint density at radius 2 is 1.52 bits per heavy atom. The Bertz CT molecular complexity index is 1060. The number of carbonyl (C=O) groups is 7. The van der Waals surface area contributed by atoms with Crippen LogP contribution in [0.2, 0.25) is 0 Å². The minimum atomic E-state index is -1.54. The van der Waals surface area contributed by atoms with Crippen LogP contribution < -0.4 is 38.1 Å². The summed E-state index contributed by atoms with van der Waals surface area (Å²) in [5, 5.41) is 37.7. The van der Waals surface area contributed by atoms with Gasteiger partial charge in [0.2, 0.25) is 23.6 Å². The average Bonchev–Trinajstić information content (AvgIpc) is 3.24. The van der Waals surface area contributed by atoms with Crippen LogP contribution in [-0.2, 0) is 33.6 Å². The molecule has 0 aromatic carbocycles. The van der Waals surface area contributed by atoms with Gasteiger partial charge in [0.15, 0.2) is 5.96 Å². The highest BCUT2D eigenvalue weighted by atomic mass is 16.4. The van der Waals surface area contributed by atoms with E-state index in [9.17, 15) is 43.8 Å².